The van der Waals surface area contributed by atoms with Crippen molar-refractivity contribution in [2.45, 2.75) is 13.8 Å². The van der Waals surface area contributed by atoms with Crippen molar-refractivity contribution < 1.29 is 4.74 Å². The number of likely N-dealkylation sites (N-methyl/N-ethyl adjacent to an activating group) is 1. The summed E-state index contributed by atoms with van der Waals surface area (Å²) in [5.74, 6) is 0.964. The zero-order valence-corrected chi connectivity index (χ0v) is 12.4. The molecule has 2 aromatic carbocycles. The van der Waals surface area contributed by atoms with E-state index in [0.717, 1.165) is 37.6 Å². The lowest BCUT2D eigenvalue weighted by atomic mass is 10.1. The molecule has 0 fully saturated rings. The van der Waals surface area contributed by atoms with Gasteiger partial charge in [0.2, 0.25) is 0 Å². The maximum Gasteiger partial charge on any atom is 0.127 e. The molecule has 0 saturated carbocycles. The van der Waals surface area contributed by atoms with Crippen molar-refractivity contribution in [3.05, 3.63) is 54.6 Å². The molecule has 20 heavy (non-hydrogen) atoms. The zero-order chi connectivity index (χ0) is 14.2. The summed E-state index contributed by atoms with van der Waals surface area (Å²) in [6.07, 6.45) is 0. The molecule has 0 aliphatic heterocycles. The van der Waals surface area contributed by atoms with Gasteiger partial charge in [-0.3, -0.25) is 0 Å². The van der Waals surface area contributed by atoms with E-state index < -0.39 is 0 Å². The lowest BCUT2D eigenvalue weighted by Crippen LogP contribution is -2.27. The van der Waals surface area contributed by atoms with E-state index in [2.05, 4.69) is 55.1 Å². The highest BCUT2D eigenvalue weighted by molar-refractivity contribution is 5.70. The molecule has 0 aromatic heterocycles. The van der Waals surface area contributed by atoms with Crippen LogP contribution in [0, 0.1) is 0 Å². The van der Waals surface area contributed by atoms with Gasteiger partial charge in [-0.05, 0) is 24.7 Å². The van der Waals surface area contributed by atoms with Crippen LogP contribution in [0.3, 0.4) is 0 Å². The van der Waals surface area contributed by atoms with E-state index in [0.29, 0.717) is 0 Å². The van der Waals surface area contributed by atoms with E-state index in [-0.39, 0.29) is 0 Å². The molecule has 2 heteroatoms. The molecule has 0 unspecified atom stereocenters. The molecule has 2 nitrogen and oxygen atoms in total. The van der Waals surface area contributed by atoms with Gasteiger partial charge in [0.1, 0.15) is 12.4 Å². The van der Waals surface area contributed by atoms with Crippen LogP contribution in [0.4, 0.5) is 0 Å². The van der Waals surface area contributed by atoms with Crippen molar-refractivity contribution in [1.82, 2.24) is 4.90 Å². The van der Waals surface area contributed by atoms with Gasteiger partial charge in [0.05, 0.1) is 0 Å². The van der Waals surface area contributed by atoms with Crippen LogP contribution < -0.4 is 4.74 Å². The van der Waals surface area contributed by atoms with Crippen molar-refractivity contribution in [2.75, 3.05) is 26.2 Å². The van der Waals surface area contributed by atoms with Crippen LogP contribution in [-0.2, 0) is 0 Å². The van der Waals surface area contributed by atoms with Crippen LogP contribution in [0.2, 0.25) is 0 Å². The minimum Gasteiger partial charge on any atom is -0.492 e. The van der Waals surface area contributed by atoms with E-state index in [4.69, 9.17) is 4.74 Å². The fraction of sp³-hybridized carbons (Fsp3) is 0.333. The second kappa shape index (κ2) is 7.71. The lowest BCUT2D eigenvalue weighted by Gasteiger charge is -2.19. The third-order valence-electron chi connectivity index (χ3n) is 3.53. The normalized spacial score (nSPS) is 10.8. The van der Waals surface area contributed by atoms with Crippen molar-refractivity contribution in [1.29, 1.82) is 0 Å². The van der Waals surface area contributed by atoms with Crippen molar-refractivity contribution >= 4 is 0 Å². The van der Waals surface area contributed by atoms with E-state index >= 15 is 0 Å². The van der Waals surface area contributed by atoms with Crippen molar-refractivity contribution in [3.8, 4) is 16.9 Å². The van der Waals surface area contributed by atoms with Crippen LogP contribution in [0.1, 0.15) is 13.8 Å². The van der Waals surface area contributed by atoms with Gasteiger partial charge < -0.3 is 9.64 Å². The first-order chi connectivity index (χ1) is 9.85. The summed E-state index contributed by atoms with van der Waals surface area (Å²) >= 11 is 0. The fourth-order valence-corrected chi connectivity index (χ4v) is 2.27. The standard InChI is InChI=1S/C18H23NO/c1-3-19(4-2)14-15-20-18-13-9-8-12-17(18)16-10-6-5-7-11-16/h5-13H,3-4,14-15H2,1-2H3. The molecule has 2 rings (SSSR count). The van der Waals surface area contributed by atoms with Crippen molar-refractivity contribution in [2.24, 2.45) is 0 Å². The molecule has 0 spiro atoms. The molecule has 106 valence electrons. The Morgan fingerprint density at radius 1 is 0.850 bits per heavy atom. The monoisotopic (exact) mass is 269 g/mol. The average Bonchev–Trinajstić information content (AvgIpc) is 2.53. The third-order valence-corrected chi connectivity index (χ3v) is 3.53. The summed E-state index contributed by atoms with van der Waals surface area (Å²) in [4.78, 5) is 2.37. The molecule has 2 aromatic rings. The van der Waals surface area contributed by atoms with Crippen LogP contribution >= 0.6 is 0 Å². The summed E-state index contributed by atoms with van der Waals surface area (Å²) in [6.45, 7) is 8.20. The predicted molar refractivity (Wildman–Crippen MR) is 85.2 cm³/mol. The first-order valence-corrected chi connectivity index (χ1v) is 7.34. The van der Waals surface area contributed by atoms with E-state index in [1.807, 2.05) is 18.2 Å². The Labute approximate surface area is 122 Å². The highest BCUT2D eigenvalue weighted by Crippen LogP contribution is 2.29. The Morgan fingerprint density at radius 2 is 1.50 bits per heavy atom. The molecule has 0 amide bonds. The number of hydrogen-bond acceptors (Lipinski definition) is 2. The molecule has 0 N–H and O–H groups in total. The molecular formula is C18H23NO. The Balaban J connectivity index is 2.05. The van der Waals surface area contributed by atoms with Crippen LogP contribution in [-0.4, -0.2) is 31.1 Å². The Bertz CT molecular complexity index is 506. The van der Waals surface area contributed by atoms with Crippen LogP contribution in [0.25, 0.3) is 11.1 Å². The Morgan fingerprint density at radius 3 is 2.20 bits per heavy atom. The number of ether oxygens (including phenoxy) is 1. The minimum atomic E-state index is 0.728. The molecule has 0 aliphatic rings. The quantitative estimate of drug-likeness (QED) is 0.751. The van der Waals surface area contributed by atoms with E-state index in [1.54, 1.807) is 0 Å². The molecule has 0 heterocycles. The van der Waals surface area contributed by atoms with Crippen molar-refractivity contribution in [3.63, 3.8) is 0 Å². The van der Waals surface area contributed by atoms with Gasteiger partial charge in [-0.25, -0.2) is 0 Å². The van der Waals surface area contributed by atoms with E-state index in [1.165, 1.54) is 5.56 Å². The lowest BCUT2D eigenvalue weighted by molar-refractivity contribution is 0.223. The maximum absolute atomic E-state index is 5.98. The van der Waals surface area contributed by atoms with Crippen LogP contribution in [0.5, 0.6) is 5.75 Å². The summed E-state index contributed by atoms with van der Waals surface area (Å²) in [6, 6.07) is 18.6. The predicted octanol–water partition coefficient (Wildman–Crippen LogP) is 4.07. The summed E-state index contributed by atoms with van der Waals surface area (Å²) in [5.41, 5.74) is 2.36. The Hall–Kier alpha value is -1.80. The molecule has 0 bridgehead atoms. The zero-order valence-electron chi connectivity index (χ0n) is 12.4. The fourth-order valence-electron chi connectivity index (χ4n) is 2.27. The van der Waals surface area contributed by atoms with Gasteiger partial charge in [0.15, 0.2) is 0 Å². The second-order valence-electron chi connectivity index (χ2n) is 4.74. The number of hydrogen-bond donors (Lipinski definition) is 0. The number of benzene rings is 2. The summed E-state index contributed by atoms with van der Waals surface area (Å²) in [7, 11) is 0. The van der Waals surface area contributed by atoms with Gasteiger partial charge in [-0.15, -0.1) is 0 Å². The Kier molecular flexibility index (Phi) is 5.63. The van der Waals surface area contributed by atoms with Gasteiger partial charge in [-0.2, -0.15) is 0 Å². The van der Waals surface area contributed by atoms with E-state index in [9.17, 15) is 0 Å². The smallest absolute Gasteiger partial charge is 0.127 e. The summed E-state index contributed by atoms with van der Waals surface area (Å²) < 4.78 is 5.98. The molecule has 0 saturated heterocycles. The SMILES string of the molecule is CCN(CC)CCOc1ccccc1-c1ccccc1. The largest absolute Gasteiger partial charge is 0.492 e. The number of rotatable bonds is 7. The van der Waals surface area contributed by atoms with Gasteiger partial charge in [0.25, 0.3) is 0 Å². The van der Waals surface area contributed by atoms with Gasteiger partial charge >= 0.3 is 0 Å². The summed E-state index contributed by atoms with van der Waals surface area (Å²) in [5, 5.41) is 0. The highest BCUT2D eigenvalue weighted by Gasteiger charge is 2.06. The number of nitrogens with zero attached hydrogens (tertiary/aromatic N) is 1. The topological polar surface area (TPSA) is 12.5 Å². The first-order valence-electron chi connectivity index (χ1n) is 7.34. The minimum absolute atomic E-state index is 0.728. The first kappa shape index (κ1) is 14.6. The third kappa shape index (κ3) is 3.84. The molecular weight excluding hydrogens is 246 g/mol. The molecule has 0 radical (unpaired) electrons. The maximum atomic E-state index is 5.98. The average molecular weight is 269 g/mol. The number of para-hydroxylation sites is 1. The molecule has 0 aliphatic carbocycles. The van der Waals surface area contributed by atoms with Gasteiger partial charge in [0, 0.05) is 12.1 Å². The molecule has 0 atom stereocenters. The van der Waals surface area contributed by atoms with Crippen LogP contribution in [0.15, 0.2) is 54.6 Å². The second-order valence-corrected chi connectivity index (χ2v) is 4.74. The van der Waals surface area contributed by atoms with Gasteiger partial charge in [-0.1, -0.05) is 62.4 Å². The highest BCUT2D eigenvalue weighted by atomic mass is 16.5.